The highest BCUT2D eigenvalue weighted by Crippen LogP contribution is 2.32. The molecule has 130 valence electrons. The molecule has 0 radical (unpaired) electrons. The van der Waals surface area contributed by atoms with E-state index in [2.05, 4.69) is 10.3 Å². The molecule has 3 heterocycles. The summed E-state index contributed by atoms with van der Waals surface area (Å²) in [7, 11) is 0. The molecule has 0 aromatic carbocycles. The Morgan fingerprint density at radius 1 is 1.54 bits per heavy atom. The smallest absolute Gasteiger partial charge is 0.407 e. The fourth-order valence-corrected chi connectivity index (χ4v) is 3.39. The summed E-state index contributed by atoms with van der Waals surface area (Å²) in [6, 6.07) is -0.126. The zero-order valence-corrected chi connectivity index (χ0v) is 14.5. The van der Waals surface area contributed by atoms with Crippen molar-refractivity contribution in [2.24, 2.45) is 0 Å². The molecule has 1 unspecified atom stereocenters. The molecule has 1 aliphatic heterocycles. The topological polar surface area (TPSA) is 102 Å². The Bertz CT molecular complexity index is 778. The Hall–Kier alpha value is -2.36. The van der Waals surface area contributed by atoms with E-state index < -0.39 is 16.6 Å². The van der Waals surface area contributed by atoms with E-state index in [9.17, 15) is 14.9 Å². The predicted octanol–water partition coefficient (Wildman–Crippen LogP) is 2.41. The summed E-state index contributed by atoms with van der Waals surface area (Å²) in [4.78, 5) is 29.6. The van der Waals surface area contributed by atoms with Crippen LogP contribution in [0.15, 0.2) is 11.6 Å². The normalized spacial score (nSPS) is 18.1. The summed E-state index contributed by atoms with van der Waals surface area (Å²) in [6.07, 6.45) is 1.84. The van der Waals surface area contributed by atoms with E-state index in [4.69, 9.17) is 4.74 Å². The van der Waals surface area contributed by atoms with Crippen molar-refractivity contribution in [3.8, 4) is 0 Å². The molecule has 0 spiro atoms. The molecule has 9 nitrogen and oxygen atoms in total. The molecule has 0 saturated carbocycles. The molecule has 24 heavy (non-hydrogen) atoms. The van der Waals surface area contributed by atoms with Gasteiger partial charge in [-0.2, -0.15) is 9.38 Å². The summed E-state index contributed by atoms with van der Waals surface area (Å²) in [5, 5.41) is 16.0. The molecule has 2 aromatic rings. The van der Waals surface area contributed by atoms with Gasteiger partial charge in [-0.3, -0.25) is 0 Å². The summed E-state index contributed by atoms with van der Waals surface area (Å²) >= 11 is 1.35. The number of nitro groups is 1. The van der Waals surface area contributed by atoms with Crippen LogP contribution in [0.2, 0.25) is 0 Å². The van der Waals surface area contributed by atoms with Crippen molar-refractivity contribution >= 4 is 34.0 Å². The number of hydrogen-bond acceptors (Lipinski definition) is 7. The average Bonchev–Trinajstić information content (AvgIpc) is 3.08. The van der Waals surface area contributed by atoms with E-state index >= 15 is 0 Å². The SMILES string of the molecule is CC(C)(C)OC(=O)NC1CCN(c2nc3sccn3c2[N+](=O)[O-])C1. The van der Waals surface area contributed by atoms with E-state index in [0.29, 0.717) is 30.3 Å². The maximum atomic E-state index is 11.9. The number of rotatable bonds is 3. The number of thiazole rings is 1. The zero-order chi connectivity index (χ0) is 17.5. The van der Waals surface area contributed by atoms with E-state index in [1.165, 1.54) is 15.7 Å². The van der Waals surface area contributed by atoms with Crippen molar-refractivity contribution in [2.75, 3.05) is 18.0 Å². The number of fused-ring (bicyclic) bond motifs is 1. The Labute approximate surface area is 142 Å². The molecule has 0 aliphatic carbocycles. The van der Waals surface area contributed by atoms with E-state index in [-0.39, 0.29) is 11.9 Å². The average molecular weight is 353 g/mol. The number of nitrogens with zero attached hydrogens (tertiary/aromatic N) is 4. The highest BCUT2D eigenvalue weighted by atomic mass is 32.1. The number of carbonyl (C=O) groups excluding carboxylic acids is 1. The van der Waals surface area contributed by atoms with E-state index in [0.717, 1.165) is 0 Å². The molecular formula is C14H19N5O4S. The molecule has 0 bridgehead atoms. The van der Waals surface area contributed by atoms with Crippen LogP contribution in [-0.2, 0) is 4.74 Å². The number of alkyl carbamates (subject to hydrolysis) is 1. The second-order valence-electron chi connectivity index (χ2n) is 6.65. The third kappa shape index (κ3) is 3.28. The second kappa shape index (κ2) is 5.93. The van der Waals surface area contributed by atoms with Gasteiger partial charge in [0.05, 0.1) is 6.04 Å². The minimum atomic E-state index is -0.560. The summed E-state index contributed by atoms with van der Waals surface area (Å²) in [6.45, 7) is 6.45. The second-order valence-corrected chi connectivity index (χ2v) is 7.52. The maximum Gasteiger partial charge on any atom is 0.407 e. The highest BCUT2D eigenvalue weighted by molar-refractivity contribution is 7.15. The number of ether oxygens (including phenoxy) is 1. The van der Waals surface area contributed by atoms with E-state index in [1.807, 2.05) is 4.90 Å². The molecule has 1 aliphatic rings. The summed E-state index contributed by atoms with van der Waals surface area (Å²) in [5.74, 6) is 0.310. The third-order valence-electron chi connectivity index (χ3n) is 3.60. The number of imidazole rings is 1. The van der Waals surface area contributed by atoms with Crippen LogP contribution >= 0.6 is 11.3 Å². The van der Waals surface area contributed by atoms with Crippen LogP contribution in [0, 0.1) is 10.1 Å². The van der Waals surface area contributed by atoms with Crippen molar-refractivity contribution in [3.05, 3.63) is 21.7 Å². The van der Waals surface area contributed by atoms with Crippen LogP contribution in [0.4, 0.5) is 16.4 Å². The first-order valence-electron chi connectivity index (χ1n) is 7.59. The largest absolute Gasteiger partial charge is 0.444 e. The fraction of sp³-hybridized carbons (Fsp3) is 0.571. The molecule has 1 saturated heterocycles. The maximum absolute atomic E-state index is 11.9. The lowest BCUT2D eigenvalue weighted by Gasteiger charge is -2.22. The number of nitrogens with one attached hydrogen (secondary N) is 1. The molecule has 1 N–H and O–H groups in total. The van der Waals surface area contributed by atoms with E-state index in [1.54, 1.807) is 32.3 Å². The fourth-order valence-electron chi connectivity index (χ4n) is 2.69. The van der Waals surface area contributed by atoms with Gasteiger partial charge in [-0.25, -0.2) is 4.79 Å². The van der Waals surface area contributed by atoms with Crippen molar-refractivity contribution in [1.82, 2.24) is 14.7 Å². The molecule has 3 rings (SSSR count). The first-order chi connectivity index (χ1) is 11.2. The first kappa shape index (κ1) is 16.5. The third-order valence-corrected chi connectivity index (χ3v) is 4.36. The Morgan fingerprint density at radius 2 is 2.29 bits per heavy atom. The lowest BCUT2D eigenvalue weighted by molar-refractivity contribution is -0.389. The Balaban J connectivity index is 1.72. The van der Waals surface area contributed by atoms with Gasteiger partial charge >= 0.3 is 11.9 Å². The highest BCUT2D eigenvalue weighted by Gasteiger charge is 2.33. The van der Waals surface area contributed by atoms with Crippen LogP contribution in [0.25, 0.3) is 4.96 Å². The first-order valence-corrected chi connectivity index (χ1v) is 8.47. The number of anilines is 1. The monoisotopic (exact) mass is 353 g/mol. The number of amides is 1. The van der Waals surface area contributed by atoms with Gasteiger partial charge in [-0.05, 0) is 32.1 Å². The van der Waals surface area contributed by atoms with Crippen molar-refractivity contribution in [2.45, 2.75) is 38.8 Å². The van der Waals surface area contributed by atoms with Gasteiger partial charge in [-0.15, -0.1) is 0 Å². The molecule has 1 amide bonds. The standard InChI is InChI=1S/C14H19N5O4S/c1-14(2,3)23-13(20)15-9-4-5-17(8-9)10-11(19(21)22)18-6-7-24-12(18)16-10/h6-7,9H,4-5,8H2,1-3H3,(H,15,20). The van der Waals surface area contributed by atoms with Crippen molar-refractivity contribution in [1.29, 1.82) is 0 Å². The van der Waals surface area contributed by atoms with Gasteiger partial charge in [0.2, 0.25) is 5.82 Å². The van der Waals surface area contributed by atoms with Gasteiger partial charge in [0.1, 0.15) is 11.8 Å². The zero-order valence-electron chi connectivity index (χ0n) is 13.7. The molecule has 1 fully saturated rings. The number of aromatic nitrogens is 2. The van der Waals surface area contributed by atoms with Crippen molar-refractivity contribution in [3.63, 3.8) is 0 Å². The van der Waals surface area contributed by atoms with Crippen LogP contribution in [0.3, 0.4) is 0 Å². The summed E-state index contributed by atoms with van der Waals surface area (Å²) < 4.78 is 6.72. The minimum Gasteiger partial charge on any atom is -0.444 e. The number of carbonyl (C=O) groups is 1. The molecule has 10 heteroatoms. The van der Waals surface area contributed by atoms with Crippen LogP contribution < -0.4 is 10.2 Å². The van der Waals surface area contributed by atoms with Gasteiger partial charge in [0.15, 0.2) is 0 Å². The predicted molar refractivity (Wildman–Crippen MR) is 89.7 cm³/mol. The lowest BCUT2D eigenvalue weighted by atomic mass is 10.2. The van der Waals surface area contributed by atoms with Gasteiger partial charge in [0.25, 0.3) is 4.96 Å². The lowest BCUT2D eigenvalue weighted by Crippen LogP contribution is -2.40. The Morgan fingerprint density at radius 3 is 2.96 bits per heavy atom. The number of hydrogen-bond donors (Lipinski definition) is 1. The quantitative estimate of drug-likeness (QED) is 0.671. The Kier molecular flexibility index (Phi) is 4.08. The van der Waals surface area contributed by atoms with Crippen LogP contribution in [0.1, 0.15) is 27.2 Å². The van der Waals surface area contributed by atoms with Crippen molar-refractivity contribution < 1.29 is 14.5 Å². The molecular weight excluding hydrogens is 334 g/mol. The van der Waals surface area contributed by atoms with Crippen LogP contribution in [0.5, 0.6) is 0 Å². The summed E-state index contributed by atoms with van der Waals surface area (Å²) in [5.41, 5.74) is -0.560. The molecule has 1 atom stereocenters. The van der Waals surface area contributed by atoms with Gasteiger partial charge in [-0.1, -0.05) is 11.3 Å². The molecule has 2 aromatic heterocycles. The van der Waals surface area contributed by atoms with Crippen LogP contribution in [-0.4, -0.2) is 45.1 Å². The minimum absolute atomic E-state index is 0.0378. The van der Waals surface area contributed by atoms with Gasteiger partial charge < -0.3 is 25.1 Å². The van der Waals surface area contributed by atoms with Gasteiger partial charge in [0, 0.05) is 18.5 Å².